The first-order valence-electron chi connectivity index (χ1n) is 7.45. The van der Waals surface area contributed by atoms with Gasteiger partial charge in [0.05, 0.1) is 13.2 Å². The first kappa shape index (κ1) is 16.0. The summed E-state index contributed by atoms with van der Waals surface area (Å²) in [6, 6.07) is 13.8. The third-order valence-corrected chi connectivity index (χ3v) is 4.10. The Kier molecular flexibility index (Phi) is 4.96. The van der Waals surface area contributed by atoms with E-state index < -0.39 is 0 Å². The molecule has 0 N–H and O–H groups in total. The Labute approximate surface area is 140 Å². The molecule has 120 valence electrons. The van der Waals surface area contributed by atoms with Crippen LogP contribution in [0.25, 0.3) is 11.1 Å². The fourth-order valence-corrected chi connectivity index (χ4v) is 2.80. The number of fused-ring (bicyclic) bond motifs is 1. The Morgan fingerprint density at radius 1 is 1.13 bits per heavy atom. The molecule has 0 bridgehead atoms. The van der Waals surface area contributed by atoms with Crippen LogP contribution in [0.15, 0.2) is 42.5 Å². The summed E-state index contributed by atoms with van der Waals surface area (Å²) in [5.74, 6) is -0.0416. The molecule has 2 aromatic carbocycles. The molecule has 1 amide bonds. The van der Waals surface area contributed by atoms with E-state index in [1.807, 2.05) is 36.4 Å². The summed E-state index contributed by atoms with van der Waals surface area (Å²) < 4.78 is 10.6. The Hall–Kier alpha value is -1.88. The zero-order chi connectivity index (χ0) is 16.2. The van der Waals surface area contributed by atoms with E-state index in [-0.39, 0.29) is 12.5 Å². The van der Waals surface area contributed by atoms with E-state index in [0.29, 0.717) is 24.8 Å². The van der Waals surface area contributed by atoms with Crippen molar-refractivity contribution in [3.8, 4) is 11.1 Å². The van der Waals surface area contributed by atoms with E-state index in [1.54, 1.807) is 12.0 Å². The van der Waals surface area contributed by atoms with Crippen molar-refractivity contribution in [1.29, 1.82) is 0 Å². The summed E-state index contributed by atoms with van der Waals surface area (Å²) in [6.45, 7) is 1.52. The average molecular weight is 332 g/mol. The van der Waals surface area contributed by atoms with Gasteiger partial charge in [-0.15, -0.1) is 0 Å². The number of rotatable bonds is 4. The minimum absolute atomic E-state index is 0.0416. The van der Waals surface area contributed by atoms with E-state index in [9.17, 15) is 4.79 Å². The van der Waals surface area contributed by atoms with Gasteiger partial charge in [-0.05, 0) is 35.4 Å². The average Bonchev–Trinajstić information content (AvgIpc) is 2.71. The molecule has 0 saturated heterocycles. The Morgan fingerprint density at radius 2 is 1.87 bits per heavy atom. The Morgan fingerprint density at radius 3 is 2.61 bits per heavy atom. The van der Waals surface area contributed by atoms with Crippen LogP contribution in [0.1, 0.15) is 5.56 Å². The van der Waals surface area contributed by atoms with E-state index >= 15 is 0 Å². The highest BCUT2D eigenvalue weighted by molar-refractivity contribution is 6.30. The van der Waals surface area contributed by atoms with Gasteiger partial charge in [0.1, 0.15) is 6.61 Å². The lowest BCUT2D eigenvalue weighted by molar-refractivity contribution is -0.123. The predicted octanol–water partition coefficient (Wildman–Crippen LogP) is 3.52. The van der Waals surface area contributed by atoms with Crippen LogP contribution in [0.4, 0.5) is 5.69 Å². The molecule has 0 radical (unpaired) electrons. The molecule has 0 atom stereocenters. The molecule has 3 rings (SSSR count). The maximum absolute atomic E-state index is 12.2. The molecule has 1 aliphatic heterocycles. The number of benzene rings is 2. The first-order chi connectivity index (χ1) is 11.2. The molecule has 23 heavy (non-hydrogen) atoms. The molecule has 4 nitrogen and oxygen atoms in total. The Balaban J connectivity index is 1.96. The van der Waals surface area contributed by atoms with Gasteiger partial charge >= 0.3 is 0 Å². The summed E-state index contributed by atoms with van der Waals surface area (Å²) >= 11 is 5.94. The first-order valence-corrected chi connectivity index (χ1v) is 7.83. The summed E-state index contributed by atoms with van der Waals surface area (Å²) in [7, 11) is 1.63. The van der Waals surface area contributed by atoms with E-state index in [2.05, 4.69) is 6.07 Å². The maximum atomic E-state index is 12.2. The van der Waals surface area contributed by atoms with Gasteiger partial charge < -0.3 is 14.4 Å². The topological polar surface area (TPSA) is 38.8 Å². The molecule has 1 aliphatic rings. The van der Waals surface area contributed by atoms with Crippen molar-refractivity contribution in [2.24, 2.45) is 0 Å². The predicted molar refractivity (Wildman–Crippen MR) is 90.8 cm³/mol. The van der Waals surface area contributed by atoms with Crippen LogP contribution in [-0.2, 0) is 20.9 Å². The van der Waals surface area contributed by atoms with Crippen molar-refractivity contribution < 1.29 is 14.3 Å². The number of hydrogen-bond acceptors (Lipinski definition) is 3. The van der Waals surface area contributed by atoms with Crippen LogP contribution in [0.2, 0.25) is 5.02 Å². The van der Waals surface area contributed by atoms with Gasteiger partial charge in [-0.3, -0.25) is 4.79 Å². The van der Waals surface area contributed by atoms with Gasteiger partial charge in [-0.25, -0.2) is 0 Å². The summed E-state index contributed by atoms with van der Waals surface area (Å²) in [5, 5.41) is 0.711. The molecule has 5 heteroatoms. The third kappa shape index (κ3) is 3.55. The lowest BCUT2D eigenvalue weighted by Gasteiger charge is -2.22. The van der Waals surface area contributed by atoms with E-state index in [0.717, 1.165) is 22.4 Å². The fourth-order valence-electron chi connectivity index (χ4n) is 2.67. The van der Waals surface area contributed by atoms with Gasteiger partial charge in [-0.1, -0.05) is 29.8 Å². The summed E-state index contributed by atoms with van der Waals surface area (Å²) in [6.07, 6.45) is 0. The SMILES string of the molecule is COCCN1C(=O)COCc2cc(-c3ccc(Cl)cc3)ccc21. The highest BCUT2D eigenvalue weighted by atomic mass is 35.5. The highest BCUT2D eigenvalue weighted by Gasteiger charge is 2.22. The number of methoxy groups -OCH3 is 1. The monoisotopic (exact) mass is 331 g/mol. The molecule has 1 heterocycles. The second kappa shape index (κ2) is 7.13. The van der Waals surface area contributed by atoms with Crippen LogP contribution in [0.5, 0.6) is 0 Å². The smallest absolute Gasteiger partial charge is 0.253 e. The lowest BCUT2D eigenvalue weighted by Crippen LogP contribution is -2.35. The van der Waals surface area contributed by atoms with Crippen LogP contribution in [-0.4, -0.2) is 32.8 Å². The lowest BCUT2D eigenvalue weighted by atomic mass is 10.0. The molecule has 0 aromatic heterocycles. The number of anilines is 1. The summed E-state index contributed by atoms with van der Waals surface area (Å²) in [4.78, 5) is 13.9. The van der Waals surface area contributed by atoms with Gasteiger partial charge in [-0.2, -0.15) is 0 Å². The molecule has 0 unspecified atom stereocenters. The minimum Gasteiger partial charge on any atom is -0.383 e. The number of carbonyl (C=O) groups excluding carboxylic acids is 1. The van der Waals surface area contributed by atoms with Crippen molar-refractivity contribution in [2.45, 2.75) is 6.61 Å². The summed E-state index contributed by atoms with van der Waals surface area (Å²) in [5.41, 5.74) is 4.04. The number of hydrogen-bond donors (Lipinski definition) is 0. The largest absolute Gasteiger partial charge is 0.383 e. The number of carbonyl (C=O) groups is 1. The third-order valence-electron chi connectivity index (χ3n) is 3.85. The molecule has 2 aromatic rings. The van der Waals surface area contributed by atoms with Crippen molar-refractivity contribution in [2.75, 3.05) is 31.8 Å². The molecule has 0 spiro atoms. The van der Waals surface area contributed by atoms with Crippen molar-refractivity contribution >= 4 is 23.2 Å². The number of ether oxygens (including phenoxy) is 2. The molecule has 0 saturated carbocycles. The van der Waals surface area contributed by atoms with Crippen LogP contribution in [0, 0.1) is 0 Å². The van der Waals surface area contributed by atoms with Gasteiger partial charge in [0.15, 0.2) is 0 Å². The number of halogens is 1. The number of amides is 1. The van der Waals surface area contributed by atoms with Gasteiger partial charge in [0, 0.05) is 29.9 Å². The van der Waals surface area contributed by atoms with Crippen molar-refractivity contribution in [3.63, 3.8) is 0 Å². The molecular weight excluding hydrogens is 314 g/mol. The van der Waals surface area contributed by atoms with Crippen molar-refractivity contribution in [1.82, 2.24) is 0 Å². The van der Waals surface area contributed by atoms with E-state index in [4.69, 9.17) is 21.1 Å². The van der Waals surface area contributed by atoms with Crippen molar-refractivity contribution in [3.05, 3.63) is 53.1 Å². The molecule has 0 fully saturated rings. The molecular formula is C18H18ClNO3. The number of nitrogens with zero attached hydrogens (tertiary/aromatic N) is 1. The standard InChI is InChI=1S/C18H18ClNO3/c1-22-9-8-20-17-7-4-14(13-2-5-16(19)6-3-13)10-15(17)11-23-12-18(20)21/h2-7,10H,8-9,11-12H2,1H3. The van der Waals surface area contributed by atoms with Crippen LogP contribution < -0.4 is 4.90 Å². The van der Waals surface area contributed by atoms with E-state index in [1.165, 1.54) is 0 Å². The Bertz CT molecular complexity index is 700. The second-order valence-corrected chi connectivity index (χ2v) is 5.82. The van der Waals surface area contributed by atoms with Gasteiger partial charge in [0.2, 0.25) is 0 Å². The minimum atomic E-state index is -0.0416. The quantitative estimate of drug-likeness (QED) is 0.860. The van der Waals surface area contributed by atoms with Crippen LogP contribution >= 0.6 is 11.6 Å². The second-order valence-electron chi connectivity index (χ2n) is 5.38. The zero-order valence-electron chi connectivity index (χ0n) is 12.9. The normalized spacial score (nSPS) is 14.5. The fraction of sp³-hybridized carbons (Fsp3) is 0.278. The maximum Gasteiger partial charge on any atom is 0.253 e. The zero-order valence-corrected chi connectivity index (χ0v) is 13.7. The van der Waals surface area contributed by atoms with Gasteiger partial charge in [0.25, 0.3) is 5.91 Å². The highest BCUT2D eigenvalue weighted by Crippen LogP contribution is 2.30. The van der Waals surface area contributed by atoms with Crippen LogP contribution in [0.3, 0.4) is 0 Å². The molecule has 0 aliphatic carbocycles.